The van der Waals surface area contributed by atoms with Gasteiger partial charge in [-0.1, -0.05) is 51.9 Å². The number of nitrogens with zero attached hydrogens (tertiary/aromatic N) is 3. The fourth-order valence-corrected chi connectivity index (χ4v) is 1.76. The standard InChI is InChI=1S/C12H23N3/c1-2-3-4-5-6-7-8-9-10-15-12-13-11-14-15/h11-12H,2-10H2,1H3. The van der Waals surface area contributed by atoms with Gasteiger partial charge in [-0.25, -0.2) is 4.98 Å². The third-order valence-electron chi connectivity index (χ3n) is 2.71. The Kier molecular flexibility index (Phi) is 6.88. The van der Waals surface area contributed by atoms with E-state index in [9.17, 15) is 0 Å². The first kappa shape index (κ1) is 12.2. The molecule has 3 heteroatoms. The van der Waals surface area contributed by atoms with Crippen LogP contribution in [0.15, 0.2) is 12.7 Å². The molecule has 0 atom stereocenters. The average Bonchev–Trinajstić information content (AvgIpc) is 2.75. The lowest BCUT2D eigenvalue weighted by molar-refractivity contribution is 0.519. The van der Waals surface area contributed by atoms with Crippen LogP contribution in [0.4, 0.5) is 0 Å². The molecule has 86 valence electrons. The van der Waals surface area contributed by atoms with Crippen molar-refractivity contribution in [3.8, 4) is 0 Å². The van der Waals surface area contributed by atoms with Gasteiger partial charge in [0.2, 0.25) is 0 Å². The second-order valence-corrected chi connectivity index (χ2v) is 4.13. The monoisotopic (exact) mass is 209 g/mol. The van der Waals surface area contributed by atoms with E-state index in [1.54, 1.807) is 12.7 Å². The van der Waals surface area contributed by atoms with Crippen molar-refractivity contribution in [3.63, 3.8) is 0 Å². The highest BCUT2D eigenvalue weighted by Crippen LogP contribution is 2.08. The molecule has 0 radical (unpaired) electrons. The van der Waals surface area contributed by atoms with Crippen molar-refractivity contribution < 1.29 is 0 Å². The minimum Gasteiger partial charge on any atom is -0.253 e. The number of hydrogen-bond donors (Lipinski definition) is 0. The van der Waals surface area contributed by atoms with Gasteiger partial charge in [0.25, 0.3) is 0 Å². The molecule has 0 aliphatic rings. The molecule has 0 spiro atoms. The van der Waals surface area contributed by atoms with Gasteiger partial charge in [0.15, 0.2) is 0 Å². The lowest BCUT2D eigenvalue weighted by atomic mass is 10.1. The van der Waals surface area contributed by atoms with E-state index in [1.807, 2.05) is 4.68 Å². The second kappa shape index (κ2) is 8.45. The first-order valence-electron chi connectivity index (χ1n) is 6.26. The summed E-state index contributed by atoms with van der Waals surface area (Å²) < 4.78 is 1.91. The van der Waals surface area contributed by atoms with Crippen molar-refractivity contribution in [2.45, 2.75) is 64.8 Å². The van der Waals surface area contributed by atoms with E-state index in [1.165, 1.54) is 51.4 Å². The van der Waals surface area contributed by atoms with Crippen LogP contribution in [0.2, 0.25) is 0 Å². The Morgan fingerprint density at radius 3 is 2.20 bits per heavy atom. The largest absolute Gasteiger partial charge is 0.253 e. The Hall–Kier alpha value is -0.860. The van der Waals surface area contributed by atoms with Crippen LogP contribution in [0.5, 0.6) is 0 Å². The summed E-state index contributed by atoms with van der Waals surface area (Å²) in [5.74, 6) is 0. The Morgan fingerprint density at radius 2 is 1.60 bits per heavy atom. The number of hydrogen-bond acceptors (Lipinski definition) is 2. The molecule has 0 aliphatic carbocycles. The van der Waals surface area contributed by atoms with Crippen molar-refractivity contribution >= 4 is 0 Å². The number of aryl methyl sites for hydroxylation is 1. The van der Waals surface area contributed by atoms with Crippen LogP contribution in [0.25, 0.3) is 0 Å². The molecule has 0 saturated heterocycles. The SMILES string of the molecule is CCCCCCCCCCn1cncn1. The average molecular weight is 209 g/mol. The van der Waals surface area contributed by atoms with Gasteiger partial charge >= 0.3 is 0 Å². The zero-order chi connectivity index (χ0) is 10.8. The van der Waals surface area contributed by atoms with Crippen LogP contribution in [-0.2, 0) is 6.54 Å². The molecular formula is C12H23N3. The van der Waals surface area contributed by atoms with Crippen LogP contribution in [0, 0.1) is 0 Å². The quantitative estimate of drug-likeness (QED) is 0.583. The van der Waals surface area contributed by atoms with Gasteiger partial charge in [-0.3, -0.25) is 4.68 Å². The third-order valence-corrected chi connectivity index (χ3v) is 2.71. The first-order valence-corrected chi connectivity index (χ1v) is 6.26. The Bertz CT molecular complexity index is 219. The molecule has 15 heavy (non-hydrogen) atoms. The van der Waals surface area contributed by atoms with E-state index in [0.29, 0.717) is 0 Å². The van der Waals surface area contributed by atoms with Crippen LogP contribution in [-0.4, -0.2) is 14.8 Å². The zero-order valence-corrected chi connectivity index (χ0v) is 9.86. The number of unbranched alkanes of at least 4 members (excludes halogenated alkanes) is 7. The van der Waals surface area contributed by atoms with Crippen molar-refractivity contribution in [2.75, 3.05) is 0 Å². The molecule has 0 saturated carbocycles. The summed E-state index contributed by atoms with van der Waals surface area (Å²) in [7, 11) is 0. The molecule has 0 aliphatic heterocycles. The van der Waals surface area contributed by atoms with Gasteiger partial charge in [0, 0.05) is 6.54 Å². The maximum Gasteiger partial charge on any atom is 0.137 e. The first-order chi connectivity index (χ1) is 7.43. The minimum atomic E-state index is 1.02. The lowest BCUT2D eigenvalue weighted by Gasteiger charge is -2.01. The highest BCUT2D eigenvalue weighted by Gasteiger charge is 1.93. The molecule has 1 aromatic rings. The molecule has 1 rings (SSSR count). The summed E-state index contributed by atoms with van der Waals surface area (Å²) in [4.78, 5) is 3.92. The molecule has 1 aromatic heterocycles. The van der Waals surface area contributed by atoms with Crippen molar-refractivity contribution in [3.05, 3.63) is 12.7 Å². The molecular weight excluding hydrogens is 186 g/mol. The molecule has 1 heterocycles. The molecule has 0 unspecified atom stereocenters. The van der Waals surface area contributed by atoms with Crippen molar-refractivity contribution in [1.29, 1.82) is 0 Å². The molecule has 0 bridgehead atoms. The van der Waals surface area contributed by atoms with Crippen LogP contribution in [0.1, 0.15) is 58.3 Å². The molecule has 0 fully saturated rings. The van der Waals surface area contributed by atoms with Gasteiger partial charge in [-0.15, -0.1) is 0 Å². The number of aromatic nitrogens is 3. The van der Waals surface area contributed by atoms with Gasteiger partial charge in [0.1, 0.15) is 12.7 Å². The molecule has 0 aromatic carbocycles. The van der Waals surface area contributed by atoms with E-state index < -0.39 is 0 Å². The van der Waals surface area contributed by atoms with Gasteiger partial charge in [-0.2, -0.15) is 5.10 Å². The van der Waals surface area contributed by atoms with Crippen LogP contribution < -0.4 is 0 Å². The normalized spacial score (nSPS) is 10.7. The Balaban J connectivity index is 1.81. The topological polar surface area (TPSA) is 30.7 Å². The van der Waals surface area contributed by atoms with Crippen LogP contribution in [0.3, 0.4) is 0 Å². The summed E-state index contributed by atoms with van der Waals surface area (Å²) in [5, 5.41) is 4.08. The highest BCUT2D eigenvalue weighted by molar-refractivity contribution is 4.56. The van der Waals surface area contributed by atoms with Gasteiger partial charge in [-0.05, 0) is 6.42 Å². The van der Waals surface area contributed by atoms with Crippen molar-refractivity contribution in [1.82, 2.24) is 14.8 Å². The van der Waals surface area contributed by atoms with E-state index >= 15 is 0 Å². The van der Waals surface area contributed by atoms with E-state index in [4.69, 9.17) is 0 Å². The fraction of sp³-hybridized carbons (Fsp3) is 0.833. The van der Waals surface area contributed by atoms with Crippen molar-refractivity contribution in [2.24, 2.45) is 0 Å². The molecule has 0 amide bonds. The van der Waals surface area contributed by atoms with E-state index in [0.717, 1.165) is 6.54 Å². The smallest absolute Gasteiger partial charge is 0.137 e. The summed E-state index contributed by atoms with van der Waals surface area (Å²) in [6.07, 6.45) is 14.3. The van der Waals surface area contributed by atoms with E-state index in [2.05, 4.69) is 17.0 Å². The summed E-state index contributed by atoms with van der Waals surface area (Å²) in [6, 6.07) is 0. The second-order valence-electron chi connectivity index (χ2n) is 4.13. The fourth-order valence-electron chi connectivity index (χ4n) is 1.76. The number of rotatable bonds is 9. The molecule has 3 nitrogen and oxygen atoms in total. The minimum absolute atomic E-state index is 1.02. The predicted molar refractivity (Wildman–Crippen MR) is 62.6 cm³/mol. The maximum absolute atomic E-state index is 4.08. The van der Waals surface area contributed by atoms with E-state index in [-0.39, 0.29) is 0 Å². The summed E-state index contributed by atoms with van der Waals surface area (Å²) in [6.45, 7) is 3.28. The predicted octanol–water partition coefficient (Wildman–Crippen LogP) is 3.42. The van der Waals surface area contributed by atoms with Gasteiger partial charge < -0.3 is 0 Å². The summed E-state index contributed by atoms with van der Waals surface area (Å²) >= 11 is 0. The molecule has 0 N–H and O–H groups in total. The summed E-state index contributed by atoms with van der Waals surface area (Å²) in [5.41, 5.74) is 0. The Morgan fingerprint density at radius 1 is 0.933 bits per heavy atom. The highest BCUT2D eigenvalue weighted by atomic mass is 15.3. The Labute approximate surface area is 92.9 Å². The third kappa shape index (κ3) is 6.26. The van der Waals surface area contributed by atoms with Gasteiger partial charge in [0.05, 0.1) is 0 Å². The zero-order valence-electron chi connectivity index (χ0n) is 9.86. The maximum atomic E-state index is 4.08. The van der Waals surface area contributed by atoms with Crippen LogP contribution >= 0.6 is 0 Å². The lowest BCUT2D eigenvalue weighted by Crippen LogP contribution is -1.97.